The zero-order valence-electron chi connectivity index (χ0n) is 12.4. The van der Waals surface area contributed by atoms with Gasteiger partial charge >= 0.3 is 0 Å². The minimum Gasteiger partial charge on any atom is -0.357 e. The summed E-state index contributed by atoms with van der Waals surface area (Å²) in [7, 11) is 0. The fourth-order valence-corrected chi connectivity index (χ4v) is 2.28. The molecule has 1 rings (SSSR count). The number of nitrogens with one attached hydrogen (secondary N) is 2. The zero-order valence-corrected chi connectivity index (χ0v) is 14.0. The molecule has 0 aliphatic carbocycles. The lowest BCUT2D eigenvalue weighted by atomic mass is 10.2. The quantitative estimate of drug-likeness (QED) is 0.626. The number of aryl methyl sites for hydroxylation is 1. The molecule has 0 amide bonds. The van der Waals surface area contributed by atoms with Gasteiger partial charge in [0.1, 0.15) is 0 Å². The summed E-state index contributed by atoms with van der Waals surface area (Å²) in [5.74, 6) is 0.871. The van der Waals surface area contributed by atoms with Crippen LogP contribution in [0.4, 0.5) is 0 Å². The van der Waals surface area contributed by atoms with Gasteiger partial charge in [-0.25, -0.2) is 9.98 Å². The second-order valence-corrected chi connectivity index (χ2v) is 7.69. The number of aromatic nitrogens is 1. The molecule has 0 aromatic carbocycles. The van der Waals surface area contributed by atoms with E-state index in [4.69, 9.17) is 0 Å². The highest BCUT2D eigenvalue weighted by atomic mass is 32.2. The van der Waals surface area contributed by atoms with Gasteiger partial charge in [0.2, 0.25) is 0 Å². The summed E-state index contributed by atoms with van der Waals surface area (Å²) >= 11 is 3.55. The highest BCUT2D eigenvalue weighted by molar-refractivity contribution is 7.99. The first-order valence-electron chi connectivity index (χ1n) is 6.45. The van der Waals surface area contributed by atoms with Crippen LogP contribution in [0.1, 0.15) is 30.7 Å². The van der Waals surface area contributed by atoms with Crippen molar-refractivity contribution in [3.63, 3.8) is 0 Å². The molecule has 0 bridgehead atoms. The summed E-state index contributed by atoms with van der Waals surface area (Å²) in [5.41, 5.74) is 0. The number of rotatable bonds is 6. The SMILES string of the molecule is CCNC(=NCc1cnc(C)s1)NCC(C)(C)SC. The molecule has 2 N–H and O–H groups in total. The van der Waals surface area contributed by atoms with Crippen molar-refractivity contribution < 1.29 is 0 Å². The highest BCUT2D eigenvalue weighted by Crippen LogP contribution is 2.19. The smallest absolute Gasteiger partial charge is 0.191 e. The minimum absolute atomic E-state index is 0.206. The molecular weight excluding hydrogens is 276 g/mol. The van der Waals surface area contributed by atoms with Crippen molar-refractivity contribution in [2.45, 2.75) is 39.0 Å². The molecule has 0 saturated heterocycles. The Labute approximate surface area is 124 Å². The third-order valence-corrected chi connectivity index (χ3v) is 4.79. The van der Waals surface area contributed by atoms with E-state index in [1.165, 1.54) is 4.88 Å². The summed E-state index contributed by atoms with van der Waals surface area (Å²) in [6.07, 6.45) is 4.03. The predicted molar refractivity (Wildman–Crippen MR) is 87.3 cm³/mol. The summed E-state index contributed by atoms with van der Waals surface area (Å²) in [5, 5.41) is 7.75. The lowest BCUT2D eigenvalue weighted by molar-refractivity contribution is 0.665. The summed E-state index contributed by atoms with van der Waals surface area (Å²) < 4.78 is 0.206. The summed E-state index contributed by atoms with van der Waals surface area (Å²) in [6.45, 7) is 11.0. The average Bonchev–Trinajstić information content (AvgIpc) is 2.79. The van der Waals surface area contributed by atoms with Crippen molar-refractivity contribution in [1.82, 2.24) is 15.6 Å². The van der Waals surface area contributed by atoms with Crippen LogP contribution in [-0.2, 0) is 6.54 Å². The summed E-state index contributed by atoms with van der Waals surface area (Å²) in [6, 6.07) is 0. The predicted octanol–water partition coefficient (Wildman–Crippen LogP) is 2.65. The van der Waals surface area contributed by atoms with Crippen LogP contribution in [0.2, 0.25) is 0 Å². The van der Waals surface area contributed by atoms with Gasteiger partial charge in [0, 0.05) is 28.9 Å². The molecule has 0 fully saturated rings. The lowest BCUT2D eigenvalue weighted by Crippen LogP contribution is -2.43. The van der Waals surface area contributed by atoms with Gasteiger partial charge in [0.05, 0.1) is 11.6 Å². The third-order valence-electron chi connectivity index (χ3n) is 2.64. The van der Waals surface area contributed by atoms with E-state index in [2.05, 4.69) is 47.6 Å². The van der Waals surface area contributed by atoms with Gasteiger partial charge in [0.15, 0.2) is 5.96 Å². The van der Waals surface area contributed by atoms with Crippen molar-refractivity contribution in [3.05, 3.63) is 16.1 Å². The molecule has 0 spiro atoms. The van der Waals surface area contributed by atoms with Gasteiger partial charge in [-0.3, -0.25) is 0 Å². The Bertz CT molecular complexity index is 413. The van der Waals surface area contributed by atoms with E-state index in [1.807, 2.05) is 24.9 Å². The van der Waals surface area contributed by atoms with Crippen LogP contribution in [0.15, 0.2) is 11.2 Å². The Morgan fingerprint density at radius 1 is 1.47 bits per heavy atom. The summed E-state index contributed by atoms with van der Waals surface area (Å²) in [4.78, 5) is 10.0. The van der Waals surface area contributed by atoms with E-state index in [-0.39, 0.29) is 4.75 Å². The number of aliphatic imine (C=N–C) groups is 1. The first kappa shape index (κ1) is 16.3. The number of thiazole rings is 1. The van der Waals surface area contributed by atoms with E-state index in [0.717, 1.165) is 24.1 Å². The number of hydrogen-bond acceptors (Lipinski definition) is 4. The van der Waals surface area contributed by atoms with Gasteiger partial charge in [0.25, 0.3) is 0 Å². The van der Waals surface area contributed by atoms with Crippen molar-refractivity contribution in [3.8, 4) is 0 Å². The van der Waals surface area contributed by atoms with E-state index in [0.29, 0.717) is 6.54 Å². The molecule has 0 unspecified atom stereocenters. The zero-order chi connectivity index (χ0) is 14.3. The third kappa shape index (κ3) is 6.29. The topological polar surface area (TPSA) is 49.3 Å². The molecule has 0 aliphatic heterocycles. The maximum absolute atomic E-state index is 4.59. The maximum atomic E-state index is 4.59. The Kier molecular flexibility index (Phi) is 6.65. The van der Waals surface area contributed by atoms with E-state index < -0.39 is 0 Å². The Hall–Kier alpha value is -0.750. The molecule has 0 saturated carbocycles. The van der Waals surface area contributed by atoms with Crippen LogP contribution in [0.3, 0.4) is 0 Å². The molecule has 108 valence electrons. The Morgan fingerprint density at radius 3 is 2.74 bits per heavy atom. The fourth-order valence-electron chi connectivity index (χ4n) is 1.35. The van der Waals surface area contributed by atoms with Crippen LogP contribution in [0.25, 0.3) is 0 Å². The fraction of sp³-hybridized carbons (Fsp3) is 0.692. The van der Waals surface area contributed by atoms with Gasteiger partial charge in [-0.2, -0.15) is 11.8 Å². The average molecular weight is 300 g/mol. The first-order valence-corrected chi connectivity index (χ1v) is 8.49. The van der Waals surface area contributed by atoms with Crippen LogP contribution in [-0.4, -0.2) is 35.0 Å². The number of thioether (sulfide) groups is 1. The Balaban J connectivity index is 2.56. The lowest BCUT2D eigenvalue weighted by Gasteiger charge is -2.23. The van der Waals surface area contributed by atoms with Gasteiger partial charge in [-0.15, -0.1) is 11.3 Å². The van der Waals surface area contributed by atoms with E-state index in [1.54, 1.807) is 11.3 Å². The molecular formula is C13H24N4S2. The number of nitrogens with zero attached hydrogens (tertiary/aromatic N) is 2. The normalized spacial score (nSPS) is 12.6. The van der Waals surface area contributed by atoms with E-state index >= 15 is 0 Å². The van der Waals surface area contributed by atoms with Gasteiger partial charge in [-0.05, 0) is 34.0 Å². The highest BCUT2D eigenvalue weighted by Gasteiger charge is 2.16. The molecule has 4 nitrogen and oxygen atoms in total. The number of guanidine groups is 1. The molecule has 1 heterocycles. The van der Waals surface area contributed by atoms with Crippen molar-refractivity contribution in [2.24, 2.45) is 4.99 Å². The molecule has 0 radical (unpaired) electrons. The van der Waals surface area contributed by atoms with Gasteiger partial charge in [-0.1, -0.05) is 0 Å². The minimum atomic E-state index is 0.206. The molecule has 6 heteroatoms. The van der Waals surface area contributed by atoms with E-state index in [9.17, 15) is 0 Å². The monoisotopic (exact) mass is 300 g/mol. The largest absolute Gasteiger partial charge is 0.357 e. The van der Waals surface area contributed by atoms with Crippen LogP contribution in [0, 0.1) is 6.92 Å². The maximum Gasteiger partial charge on any atom is 0.191 e. The van der Waals surface area contributed by atoms with Crippen LogP contribution in [0.5, 0.6) is 0 Å². The molecule has 0 aliphatic rings. The van der Waals surface area contributed by atoms with Crippen molar-refractivity contribution in [2.75, 3.05) is 19.3 Å². The molecule has 1 aromatic heterocycles. The standard InChI is InChI=1S/C13H24N4S2/c1-6-14-12(17-9-13(3,4)18-5)16-8-11-7-15-10(2)19-11/h7H,6,8-9H2,1-5H3,(H2,14,16,17). The number of hydrogen-bond donors (Lipinski definition) is 2. The van der Waals surface area contributed by atoms with Crippen molar-refractivity contribution >= 4 is 29.1 Å². The second kappa shape index (κ2) is 7.75. The molecule has 0 atom stereocenters. The first-order chi connectivity index (χ1) is 8.96. The van der Waals surface area contributed by atoms with Crippen LogP contribution >= 0.6 is 23.1 Å². The van der Waals surface area contributed by atoms with Crippen LogP contribution < -0.4 is 10.6 Å². The van der Waals surface area contributed by atoms with Crippen molar-refractivity contribution in [1.29, 1.82) is 0 Å². The van der Waals surface area contributed by atoms with Gasteiger partial charge < -0.3 is 10.6 Å². The molecule has 19 heavy (non-hydrogen) atoms. The second-order valence-electron chi connectivity index (χ2n) is 4.86. The molecule has 1 aromatic rings. The Morgan fingerprint density at radius 2 is 2.21 bits per heavy atom.